The van der Waals surface area contributed by atoms with E-state index in [1.807, 2.05) is 0 Å². The molecule has 0 radical (unpaired) electrons. The Morgan fingerprint density at radius 3 is 2.36 bits per heavy atom. The molecule has 0 aromatic heterocycles. The van der Waals surface area contributed by atoms with E-state index >= 15 is 0 Å². The number of benzene rings is 2. The lowest BCUT2D eigenvalue weighted by molar-refractivity contribution is -0.136. The molecule has 1 amide bonds. The third kappa shape index (κ3) is 4.01. The van der Waals surface area contributed by atoms with Gasteiger partial charge in [0.15, 0.2) is 0 Å². The molecule has 148 valence electrons. The summed E-state index contributed by atoms with van der Waals surface area (Å²) in [6.07, 6.45) is -0.121. The molecule has 1 aliphatic rings. The molecule has 2 N–H and O–H groups in total. The smallest absolute Gasteiger partial charge is 0.307 e. The van der Waals surface area contributed by atoms with Crippen LogP contribution in [-0.4, -0.2) is 30.2 Å². The van der Waals surface area contributed by atoms with Crippen LogP contribution in [0, 0.1) is 17.5 Å². The molecule has 3 rings (SSSR count). The second-order valence-electron chi connectivity index (χ2n) is 6.65. The minimum atomic E-state index is -1.29. The number of nitrogens with one attached hydrogen (secondary N) is 1. The van der Waals surface area contributed by atoms with Gasteiger partial charge in [0, 0.05) is 30.5 Å². The summed E-state index contributed by atoms with van der Waals surface area (Å²) in [6.45, 7) is 0.437. The fourth-order valence-electron chi connectivity index (χ4n) is 3.40. The molecular weight excluding hydrogens is 375 g/mol. The van der Waals surface area contributed by atoms with E-state index in [2.05, 4.69) is 5.32 Å². The lowest BCUT2D eigenvalue weighted by Crippen LogP contribution is -2.45. The molecule has 8 heteroatoms. The number of carboxylic acid groups (broad SMARTS) is 1. The van der Waals surface area contributed by atoms with Crippen molar-refractivity contribution in [3.8, 4) is 0 Å². The molecule has 0 unspecified atom stereocenters. The van der Waals surface area contributed by atoms with Crippen LogP contribution in [0.3, 0.4) is 0 Å². The number of ether oxygens (including phenoxy) is 1. The second-order valence-corrected chi connectivity index (χ2v) is 6.65. The zero-order valence-electron chi connectivity index (χ0n) is 14.8. The van der Waals surface area contributed by atoms with Crippen LogP contribution in [-0.2, 0) is 26.2 Å². The van der Waals surface area contributed by atoms with Crippen molar-refractivity contribution in [3.63, 3.8) is 0 Å². The minimum absolute atomic E-state index is 0.0177. The Labute approximate surface area is 159 Å². The molecule has 1 saturated heterocycles. The van der Waals surface area contributed by atoms with Gasteiger partial charge in [0.25, 0.3) is 0 Å². The van der Waals surface area contributed by atoms with Crippen molar-refractivity contribution in [2.75, 3.05) is 18.5 Å². The Bertz CT molecular complexity index is 910. The number of amides is 1. The summed E-state index contributed by atoms with van der Waals surface area (Å²) >= 11 is 0. The molecule has 0 aliphatic carbocycles. The van der Waals surface area contributed by atoms with Gasteiger partial charge in [0.2, 0.25) is 5.91 Å². The van der Waals surface area contributed by atoms with Crippen molar-refractivity contribution in [3.05, 3.63) is 65.0 Å². The number of carboxylic acids is 1. The van der Waals surface area contributed by atoms with E-state index in [0.717, 1.165) is 18.2 Å². The molecule has 2 aromatic rings. The van der Waals surface area contributed by atoms with E-state index in [9.17, 15) is 22.8 Å². The van der Waals surface area contributed by atoms with E-state index in [-0.39, 0.29) is 42.9 Å². The third-order valence-corrected chi connectivity index (χ3v) is 4.88. The maximum atomic E-state index is 14.4. The van der Waals surface area contributed by atoms with Gasteiger partial charge >= 0.3 is 5.97 Å². The van der Waals surface area contributed by atoms with Crippen LogP contribution < -0.4 is 5.32 Å². The Morgan fingerprint density at radius 2 is 1.75 bits per heavy atom. The molecule has 5 nitrogen and oxygen atoms in total. The summed E-state index contributed by atoms with van der Waals surface area (Å²) < 4.78 is 47.1. The van der Waals surface area contributed by atoms with Crippen LogP contribution in [0.25, 0.3) is 0 Å². The zero-order valence-corrected chi connectivity index (χ0v) is 14.8. The summed E-state index contributed by atoms with van der Waals surface area (Å²) in [5, 5.41) is 11.3. The first kappa shape index (κ1) is 19.9. The van der Waals surface area contributed by atoms with Crippen LogP contribution in [0.15, 0.2) is 36.4 Å². The Kier molecular flexibility index (Phi) is 5.69. The van der Waals surface area contributed by atoms with Crippen molar-refractivity contribution in [1.29, 1.82) is 0 Å². The topological polar surface area (TPSA) is 75.6 Å². The van der Waals surface area contributed by atoms with Crippen LogP contribution in [0.1, 0.15) is 24.0 Å². The Morgan fingerprint density at radius 1 is 1.04 bits per heavy atom. The van der Waals surface area contributed by atoms with Gasteiger partial charge in [-0.2, -0.15) is 0 Å². The average molecular weight is 393 g/mol. The number of carbonyl (C=O) groups is 2. The van der Waals surface area contributed by atoms with E-state index < -0.39 is 41.2 Å². The summed E-state index contributed by atoms with van der Waals surface area (Å²) in [5.74, 6) is -4.09. The highest BCUT2D eigenvalue weighted by atomic mass is 19.1. The van der Waals surface area contributed by atoms with E-state index in [1.54, 1.807) is 0 Å². The van der Waals surface area contributed by atoms with Gasteiger partial charge in [0.05, 0.1) is 11.8 Å². The van der Waals surface area contributed by atoms with Crippen molar-refractivity contribution >= 4 is 17.6 Å². The molecule has 1 aliphatic heterocycles. The number of rotatable bonds is 5. The average Bonchev–Trinajstić information content (AvgIpc) is 2.64. The first-order valence-electron chi connectivity index (χ1n) is 8.67. The normalized spacial score (nSPS) is 15.8. The lowest BCUT2D eigenvalue weighted by Gasteiger charge is -2.36. The highest BCUT2D eigenvalue weighted by Gasteiger charge is 2.43. The highest BCUT2D eigenvalue weighted by Crippen LogP contribution is 2.38. The molecular formula is C20H18F3NO4. The van der Waals surface area contributed by atoms with Crippen molar-refractivity contribution in [1.82, 2.24) is 0 Å². The predicted octanol–water partition coefficient (Wildman–Crippen LogP) is 3.42. The number of hydrogen-bond donors (Lipinski definition) is 2. The monoisotopic (exact) mass is 393 g/mol. The van der Waals surface area contributed by atoms with Crippen LogP contribution in [0.4, 0.5) is 18.9 Å². The largest absolute Gasteiger partial charge is 0.481 e. The number of halogens is 3. The fraction of sp³-hybridized carbons (Fsp3) is 0.300. The highest BCUT2D eigenvalue weighted by molar-refractivity contribution is 5.99. The van der Waals surface area contributed by atoms with E-state index in [4.69, 9.17) is 9.84 Å². The van der Waals surface area contributed by atoms with Crippen molar-refractivity contribution in [2.24, 2.45) is 0 Å². The molecule has 0 atom stereocenters. The van der Waals surface area contributed by atoms with Gasteiger partial charge in [-0.3, -0.25) is 9.59 Å². The van der Waals surface area contributed by atoms with Gasteiger partial charge in [-0.1, -0.05) is 12.1 Å². The maximum Gasteiger partial charge on any atom is 0.307 e. The van der Waals surface area contributed by atoms with Gasteiger partial charge in [-0.25, -0.2) is 13.2 Å². The first-order chi connectivity index (χ1) is 13.3. The van der Waals surface area contributed by atoms with Gasteiger partial charge in [-0.05, 0) is 36.6 Å². The van der Waals surface area contributed by atoms with Gasteiger partial charge < -0.3 is 15.2 Å². The maximum absolute atomic E-state index is 14.4. The molecule has 0 spiro atoms. The number of aliphatic carboxylic acids is 1. The summed E-state index contributed by atoms with van der Waals surface area (Å²) in [4.78, 5) is 23.8. The van der Waals surface area contributed by atoms with Crippen LogP contribution in [0.5, 0.6) is 0 Å². The Hall–Kier alpha value is -2.87. The quantitative estimate of drug-likeness (QED) is 0.816. The van der Waals surface area contributed by atoms with Gasteiger partial charge in [-0.15, -0.1) is 0 Å². The first-order valence-corrected chi connectivity index (χ1v) is 8.67. The summed E-state index contributed by atoms with van der Waals surface area (Å²) in [6, 6.07) is 6.72. The SMILES string of the molecule is O=C(O)Cc1ccc(NC(=O)C2(c3ccc(F)cc3F)CCOCC2)cc1F. The standard InChI is InChI=1S/C20H18F3NO4/c21-13-2-4-15(17(23)10-13)20(5-7-28-8-6-20)19(27)24-14-3-1-12(9-18(25)26)16(22)11-14/h1-4,10-11H,5-9H2,(H,24,27)(H,25,26). The third-order valence-electron chi connectivity index (χ3n) is 4.88. The lowest BCUT2D eigenvalue weighted by atomic mass is 9.73. The molecule has 0 bridgehead atoms. The van der Waals surface area contributed by atoms with E-state index in [0.29, 0.717) is 0 Å². The fourth-order valence-corrected chi connectivity index (χ4v) is 3.40. The summed E-state index contributed by atoms with van der Waals surface area (Å²) in [5.41, 5.74) is -1.13. The van der Waals surface area contributed by atoms with Crippen LogP contribution >= 0.6 is 0 Å². The predicted molar refractivity (Wildman–Crippen MR) is 94.5 cm³/mol. The second kappa shape index (κ2) is 8.02. The number of hydrogen-bond acceptors (Lipinski definition) is 3. The zero-order chi connectivity index (χ0) is 20.3. The number of anilines is 1. The molecule has 0 saturated carbocycles. The Balaban J connectivity index is 1.90. The summed E-state index contributed by atoms with van der Waals surface area (Å²) in [7, 11) is 0. The van der Waals surface area contributed by atoms with Crippen LogP contribution in [0.2, 0.25) is 0 Å². The number of carbonyl (C=O) groups excluding carboxylic acids is 1. The molecule has 1 heterocycles. The van der Waals surface area contributed by atoms with Crippen molar-refractivity contribution in [2.45, 2.75) is 24.7 Å². The minimum Gasteiger partial charge on any atom is -0.481 e. The molecule has 1 fully saturated rings. The molecule has 2 aromatic carbocycles. The molecule has 28 heavy (non-hydrogen) atoms. The van der Waals surface area contributed by atoms with Crippen molar-refractivity contribution < 1.29 is 32.6 Å². The van der Waals surface area contributed by atoms with E-state index in [1.165, 1.54) is 18.2 Å². The van der Waals surface area contributed by atoms with Gasteiger partial charge in [0.1, 0.15) is 17.5 Å².